The Morgan fingerprint density at radius 3 is 2.77 bits per heavy atom. The highest BCUT2D eigenvalue weighted by molar-refractivity contribution is 6.23. The quantitative estimate of drug-likeness (QED) is 0.705. The van der Waals surface area contributed by atoms with E-state index >= 15 is 0 Å². The number of nitrogens with one attached hydrogen (secondary N) is 1. The second kappa shape index (κ2) is 7.07. The van der Waals surface area contributed by atoms with E-state index in [1.165, 1.54) is 38.5 Å². The highest BCUT2D eigenvalue weighted by Crippen LogP contribution is 2.64. The van der Waals surface area contributed by atoms with Crippen molar-refractivity contribution in [3.63, 3.8) is 0 Å². The first-order valence-electron chi connectivity index (χ1n) is 11.8. The zero-order chi connectivity index (χ0) is 22.0. The van der Waals surface area contributed by atoms with Crippen molar-refractivity contribution in [3.8, 4) is 0 Å². The molecule has 6 heteroatoms. The van der Waals surface area contributed by atoms with Gasteiger partial charge in [-0.1, -0.05) is 26.3 Å². The minimum atomic E-state index is -0.412. The lowest BCUT2D eigenvalue weighted by molar-refractivity contribution is -0.141. The highest BCUT2D eigenvalue weighted by Gasteiger charge is 2.59. The molecule has 3 N–H and O–H groups in total. The van der Waals surface area contributed by atoms with Crippen LogP contribution in [0.3, 0.4) is 0 Å². The molecule has 1 aliphatic heterocycles. The van der Waals surface area contributed by atoms with Gasteiger partial charge in [-0.05, 0) is 73.8 Å². The van der Waals surface area contributed by atoms with Crippen LogP contribution in [0.1, 0.15) is 58.8 Å². The minimum absolute atomic E-state index is 0.156. The number of rotatable bonds is 2. The molecule has 1 unspecified atom stereocenters. The molecule has 1 aromatic heterocycles. The van der Waals surface area contributed by atoms with E-state index in [4.69, 9.17) is 5.73 Å². The fourth-order valence-corrected chi connectivity index (χ4v) is 7.74. The molecule has 166 valence electrons. The third-order valence-electron chi connectivity index (χ3n) is 9.30. The van der Waals surface area contributed by atoms with Gasteiger partial charge in [0.2, 0.25) is 0 Å². The molecule has 0 radical (unpaired) electrons. The third-order valence-corrected chi connectivity index (χ3v) is 9.30. The van der Waals surface area contributed by atoms with Crippen LogP contribution in [0.2, 0.25) is 0 Å². The maximum atomic E-state index is 13.2. The van der Waals surface area contributed by atoms with E-state index in [2.05, 4.69) is 24.1 Å². The number of nitrogens with two attached hydrogens (primary N) is 1. The number of carbonyl (C=O) groups excluding carboxylic acids is 2. The van der Waals surface area contributed by atoms with E-state index in [0.717, 1.165) is 12.3 Å². The number of carbonyl (C=O) groups is 2. The molecule has 1 aromatic rings. The Balaban J connectivity index is 1.49. The van der Waals surface area contributed by atoms with Gasteiger partial charge in [0, 0.05) is 24.7 Å². The smallest absolute Gasteiger partial charge is 0.262 e. The number of anilines is 2. The number of amides is 2. The summed E-state index contributed by atoms with van der Waals surface area (Å²) in [4.78, 5) is 32.3. The number of hydrogen-bond acceptors (Lipinski definition) is 4. The van der Waals surface area contributed by atoms with E-state index in [9.17, 15) is 9.59 Å². The molecule has 6 atom stereocenters. The van der Waals surface area contributed by atoms with Crippen LogP contribution >= 0.6 is 0 Å². The van der Waals surface area contributed by atoms with Gasteiger partial charge in [-0.25, -0.2) is 4.98 Å². The van der Waals surface area contributed by atoms with E-state index in [0.29, 0.717) is 28.8 Å². The summed E-state index contributed by atoms with van der Waals surface area (Å²) in [6.07, 6.45) is 12.3. The molecular weight excluding hydrogens is 388 g/mol. The summed E-state index contributed by atoms with van der Waals surface area (Å²) in [7, 11) is 1.86. The second-order valence-electron chi connectivity index (χ2n) is 10.8. The maximum Gasteiger partial charge on any atom is 0.262 e. The minimum Gasteiger partial charge on any atom is -0.396 e. The molecule has 2 amide bonds. The number of fused-ring (bicyclic) bond motifs is 5. The van der Waals surface area contributed by atoms with Gasteiger partial charge < -0.3 is 16.0 Å². The summed E-state index contributed by atoms with van der Waals surface area (Å²) in [5.74, 6) is 1.68. The van der Waals surface area contributed by atoms with Crippen molar-refractivity contribution in [2.45, 2.75) is 64.8 Å². The summed E-state index contributed by atoms with van der Waals surface area (Å²) in [6, 6.07) is 3.57. The Morgan fingerprint density at radius 2 is 2.00 bits per heavy atom. The van der Waals surface area contributed by atoms with Gasteiger partial charge in [0.25, 0.3) is 11.8 Å². The molecule has 3 saturated carbocycles. The number of likely N-dealkylation sites (N-methyl/N-ethyl adjacent to an activating group) is 1. The van der Waals surface area contributed by atoms with Crippen LogP contribution in [0, 0.1) is 28.6 Å². The molecule has 0 bridgehead atoms. The molecule has 3 aliphatic carbocycles. The SMILES string of the molecule is CN1C(=O)C(C(=O)Nc2ncccc2N)=C[C@@]2(C)C1CC[C@@H]1[C@H]2CC[C@]2(C)CCC[C@@H]12. The number of nitrogen functional groups attached to an aromatic ring is 1. The lowest BCUT2D eigenvalue weighted by atomic mass is 9.48. The molecule has 4 aliphatic rings. The van der Waals surface area contributed by atoms with Crippen molar-refractivity contribution in [3.05, 3.63) is 30.0 Å². The summed E-state index contributed by atoms with van der Waals surface area (Å²) >= 11 is 0. The Kier molecular flexibility index (Phi) is 4.68. The largest absolute Gasteiger partial charge is 0.396 e. The molecule has 5 rings (SSSR count). The maximum absolute atomic E-state index is 13.2. The number of hydrogen-bond donors (Lipinski definition) is 2. The summed E-state index contributed by atoms with van der Waals surface area (Å²) in [5, 5.41) is 2.77. The molecular formula is C25H34N4O2. The molecule has 2 heterocycles. The van der Waals surface area contributed by atoms with Crippen LogP contribution in [0.5, 0.6) is 0 Å². The molecule has 0 saturated heterocycles. The molecule has 6 nitrogen and oxygen atoms in total. The molecule has 3 fully saturated rings. The molecule has 0 aromatic carbocycles. The van der Waals surface area contributed by atoms with Crippen LogP contribution in [-0.4, -0.2) is 34.8 Å². The fourth-order valence-electron chi connectivity index (χ4n) is 7.74. The summed E-state index contributed by atoms with van der Waals surface area (Å²) in [5.41, 5.74) is 6.87. The first-order valence-corrected chi connectivity index (χ1v) is 11.8. The van der Waals surface area contributed by atoms with Crippen LogP contribution in [-0.2, 0) is 9.59 Å². The summed E-state index contributed by atoms with van der Waals surface area (Å²) in [6.45, 7) is 4.79. The van der Waals surface area contributed by atoms with Crippen LogP contribution in [0.15, 0.2) is 30.0 Å². The van der Waals surface area contributed by atoms with E-state index in [-0.39, 0.29) is 22.9 Å². The Bertz CT molecular complexity index is 959. The lowest BCUT2D eigenvalue weighted by Gasteiger charge is -2.60. The van der Waals surface area contributed by atoms with Gasteiger partial charge in [-0.2, -0.15) is 0 Å². The molecule has 31 heavy (non-hydrogen) atoms. The zero-order valence-electron chi connectivity index (χ0n) is 18.9. The van der Waals surface area contributed by atoms with Gasteiger partial charge in [-0.15, -0.1) is 0 Å². The van der Waals surface area contributed by atoms with Gasteiger partial charge in [-0.3, -0.25) is 9.59 Å². The lowest BCUT2D eigenvalue weighted by Crippen LogP contribution is -2.60. The van der Waals surface area contributed by atoms with E-state index < -0.39 is 5.91 Å². The predicted octanol–water partition coefficient (Wildman–Crippen LogP) is 4.00. The predicted molar refractivity (Wildman–Crippen MR) is 121 cm³/mol. The third kappa shape index (κ3) is 3.01. The Labute approximate surface area is 184 Å². The molecule has 0 spiro atoms. The van der Waals surface area contributed by atoms with Crippen molar-refractivity contribution < 1.29 is 9.59 Å². The second-order valence-corrected chi connectivity index (χ2v) is 10.8. The standard InChI is InChI=1S/C25H34N4O2/c1-24-11-4-6-17(24)15-8-9-20-25(2,18(15)10-12-24)14-16(23(31)29(20)3)22(30)28-21-19(26)7-5-13-27-21/h5,7,13-15,17-18,20H,4,6,8-12,26H2,1-3H3,(H,27,28,30)/t15-,17-,18+,20?,24-,25+/m0/s1. The van der Waals surface area contributed by atoms with Crippen molar-refractivity contribution in [2.24, 2.45) is 28.6 Å². The fraction of sp³-hybridized carbons (Fsp3) is 0.640. The normalized spacial score (nSPS) is 39.3. The van der Waals surface area contributed by atoms with Crippen molar-refractivity contribution in [1.82, 2.24) is 9.88 Å². The van der Waals surface area contributed by atoms with Gasteiger partial charge in [0.15, 0.2) is 5.82 Å². The number of aromatic nitrogens is 1. The van der Waals surface area contributed by atoms with Crippen molar-refractivity contribution in [2.75, 3.05) is 18.1 Å². The monoisotopic (exact) mass is 422 g/mol. The van der Waals surface area contributed by atoms with Gasteiger partial charge in [0.1, 0.15) is 5.57 Å². The van der Waals surface area contributed by atoms with E-state index in [1.54, 1.807) is 18.3 Å². The first-order chi connectivity index (χ1) is 14.7. The Hall–Kier alpha value is -2.37. The van der Waals surface area contributed by atoms with Crippen LogP contribution in [0.25, 0.3) is 0 Å². The van der Waals surface area contributed by atoms with Gasteiger partial charge >= 0.3 is 0 Å². The average molecular weight is 423 g/mol. The van der Waals surface area contributed by atoms with Gasteiger partial charge in [0.05, 0.1) is 5.69 Å². The van der Waals surface area contributed by atoms with Crippen LogP contribution < -0.4 is 11.1 Å². The zero-order valence-corrected chi connectivity index (χ0v) is 18.9. The number of pyridine rings is 1. The van der Waals surface area contributed by atoms with E-state index in [1.807, 2.05) is 18.0 Å². The first kappa shape index (κ1) is 20.5. The number of nitrogens with zero attached hydrogens (tertiary/aromatic N) is 2. The van der Waals surface area contributed by atoms with Crippen molar-refractivity contribution >= 4 is 23.3 Å². The van der Waals surface area contributed by atoms with Crippen molar-refractivity contribution in [1.29, 1.82) is 0 Å². The van der Waals surface area contributed by atoms with Crippen LogP contribution in [0.4, 0.5) is 11.5 Å². The Morgan fingerprint density at radius 1 is 1.19 bits per heavy atom. The highest BCUT2D eigenvalue weighted by atomic mass is 16.2. The average Bonchev–Trinajstić information content (AvgIpc) is 3.14. The summed E-state index contributed by atoms with van der Waals surface area (Å²) < 4.78 is 0. The topological polar surface area (TPSA) is 88.3 Å².